The molecule has 0 saturated carbocycles. The van der Waals surface area contributed by atoms with Crippen molar-refractivity contribution >= 4 is 27.3 Å². The molecule has 100 valence electrons. The van der Waals surface area contributed by atoms with Crippen LogP contribution < -0.4 is 4.72 Å². The van der Waals surface area contributed by atoms with Crippen molar-refractivity contribution in [1.29, 1.82) is 0 Å². The largest absolute Gasteiger partial charge is 0.280 e. The Morgan fingerprint density at radius 3 is 2.11 bits per heavy atom. The van der Waals surface area contributed by atoms with E-state index in [4.69, 9.17) is 11.6 Å². The molecular formula is C13H11ClFNO2S. The van der Waals surface area contributed by atoms with E-state index in [2.05, 4.69) is 4.72 Å². The number of anilines is 1. The van der Waals surface area contributed by atoms with Crippen molar-refractivity contribution < 1.29 is 12.8 Å². The van der Waals surface area contributed by atoms with Crippen LogP contribution >= 0.6 is 11.6 Å². The van der Waals surface area contributed by atoms with Crippen LogP contribution in [0.3, 0.4) is 0 Å². The Kier molecular flexibility index (Phi) is 4.07. The highest BCUT2D eigenvalue weighted by Gasteiger charge is 2.13. The van der Waals surface area contributed by atoms with Crippen LogP contribution in [0.4, 0.5) is 10.1 Å². The number of hydrogen-bond acceptors (Lipinski definition) is 2. The number of nitrogens with one attached hydrogen (secondary N) is 1. The van der Waals surface area contributed by atoms with E-state index < -0.39 is 15.8 Å². The molecule has 0 saturated heterocycles. The van der Waals surface area contributed by atoms with Crippen LogP contribution in [0, 0.1) is 5.82 Å². The van der Waals surface area contributed by atoms with Gasteiger partial charge in [0, 0.05) is 11.6 Å². The normalized spacial score (nSPS) is 11.3. The zero-order chi connectivity index (χ0) is 13.9. The molecule has 2 aromatic carbocycles. The van der Waals surface area contributed by atoms with Crippen molar-refractivity contribution in [2.75, 3.05) is 4.72 Å². The highest BCUT2D eigenvalue weighted by molar-refractivity contribution is 7.92. The second kappa shape index (κ2) is 5.59. The van der Waals surface area contributed by atoms with Gasteiger partial charge in [-0.2, -0.15) is 0 Å². The summed E-state index contributed by atoms with van der Waals surface area (Å²) in [4.78, 5) is 0.130. The number of sulfonamides is 1. The summed E-state index contributed by atoms with van der Waals surface area (Å²) in [5, 5.41) is 0. The van der Waals surface area contributed by atoms with Crippen LogP contribution in [0.5, 0.6) is 0 Å². The van der Waals surface area contributed by atoms with Gasteiger partial charge in [-0.1, -0.05) is 12.1 Å². The van der Waals surface area contributed by atoms with E-state index in [1.807, 2.05) is 0 Å². The second-order valence-electron chi connectivity index (χ2n) is 3.89. The SMILES string of the molecule is O=S(=O)(Nc1ccc(F)cc1)c1ccc(CCl)cc1. The number of benzene rings is 2. The number of rotatable bonds is 4. The summed E-state index contributed by atoms with van der Waals surface area (Å²) in [5.41, 5.74) is 1.14. The number of alkyl halides is 1. The van der Waals surface area contributed by atoms with Crippen LogP contribution in [-0.2, 0) is 15.9 Å². The van der Waals surface area contributed by atoms with Gasteiger partial charge < -0.3 is 0 Å². The molecule has 0 spiro atoms. The summed E-state index contributed by atoms with van der Waals surface area (Å²) in [6.07, 6.45) is 0. The van der Waals surface area contributed by atoms with Gasteiger partial charge in [0.1, 0.15) is 5.82 Å². The lowest BCUT2D eigenvalue weighted by molar-refractivity contribution is 0.601. The summed E-state index contributed by atoms with van der Waals surface area (Å²) in [5.74, 6) is -0.0967. The molecule has 19 heavy (non-hydrogen) atoms. The van der Waals surface area contributed by atoms with Gasteiger partial charge in [-0.3, -0.25) is 4.72 Å². The van der Waals surface area contributed by atoms with E-state index in [-0.39, 0.29) is 4.90 Å². The Morgan fingerprint density at radius 1 is 1.00 bits per heavy atom. The standard InChI is InChI=1S/C13H11ClFNO2S/c14-9-10-1-7-13(8-2-10)19(17,18)16-12-5-3-11(15)4-6-12/h1-8,16H,9H2. The van der Waals surface area contributed by atoms with E-state index in [0.717, 1.165) is 5.56 Å². The van der Waals surface area contributed by atoms with Crippen LogP contribution in [0.15, 0.2) is 53.4 Å². The van der Waals surface area contributed by atoms with Gasteiger partial charge in [0.2, 0.25) is 0 Å². The van der Waals surface area contributed by atoms with Crippen LogP contribution in [0.2, 0.25) is 0 Å². The zero-order valence-corrected chi connectivity index (χ0v) is 11.4. The fourth-order valence-electron chi connectivity index (χ4n) is 1.49. The Labute approximate surface area is 116 Å². The first-order valence-electron chi connectivity index (χ1n) is 5.44. The van der Waals surface area contributed by atoms with Gasteiger partial charge in [-0.25, -0.2) is 12.8 Å². The fraction of sp³-hybridized carbons (Fsp3) is 0.0769. The minimum absolute atomic E-state index is 0.130. The molecule has 0 radical (unpaired) electrons. The summed E-state index contributed by atoms with van der Waals surface area (Å²) in [6, 6.07) is 11.3. The molecule has 0 atom stereocenters. The molecule has 0 unspecified atom stereocenters. The topological polar surface area (TPSA) is 46.2 Å². The predicted octanol–water partition coefficient (Wildman–Crippen LogP) is 3.37. The first-order chi connectivity index (χ1) is 9.01. The molecule has 0 fully saturated rings. The maximum Gasteiger partial charge on any atom is 0.261 e. The van der Waals surface area contributed by atoms with Crippen LogP contribution in [-0.4, -0.2) is 8.42 Å². The van der Waals surface area contributed by atoms with Crippen molar-refractivity contribution in [3.63, 3.8) is 0 Å². The fourth-order valence-corrected chi connectivity index (χ4v) is 2.73. The summed E-state index contributed by atoms with van der Waals surface area (Å²) in [7, 11) is -3.67. The number of halogens is 2. The highest BCUT2D eigenvalue weighted by Crippen LogP contribution is 2.17. The van der Waals surface area contributed by atoms with Gasteiger partial charge in [0.25, 0.3) is 10.0 Å². The summed E-state index contributed by atoms with van der Waals surface area (Å²) < 4.78 is 39.2. The molecule has 3 nitrogen and oxygen atoms in total. The lowest BCUT2D eigenvalue weighted by Crippen LogP contribution is -2.12. The van der Waals surface area contributed by atoms with Crippen LogP contribution in [0.25, 0.3) is 0 Å². The average molecular weight is 300 g/mol. The van der Waals surface area contributed by atoms with Gasteiger partial charge in [0.15, 0.2) is 0 Å². The lowest BCUT2D eigenvalue weighted by atomic mass is 10.2. The van der Waals surface area contributed by atoms with Gasteiger partial charge in [-0.05, 0) is 42.0 Å². The molecule has 2 rings (SSSR count). The molecule has 1 N–H and O–H groups in total. The maximum absolute atomic E-state index is 12.7. The van der Waals surface area contributed by atoms with E-state index in [0.29, 0.717) is 11.6 Å². The first kappa shape index (κ1) is 13.8. The molecule has 0 aromatic heterocycles. The molecule has 0 aliphatic heterocycles. The summed E-state index contributed by atoms with van der Waals surface area (Å²) in [6.45, 7) is 0. The van der Waals surface area contributed by atoms with Gasteiger partial charge in [-0.15, -0.1) is 11.6 Å². The molecule has 2 aromatic rings. The van der Waals surface area contributed by atoms with Crippen molar-refractivity contribution in [3.8, 4) is 0 Å². The van der Waals surface area contributed by atoms with Gasteiger partial charge >= 0.3 is 0 Å². The Hall–Kier alpha value is -1.59. The first-order valence-corrected chi connectivity index (χ1v) is 7.46. The molecule has 0 bridgehead atoms. The van der Waals surface area contributed by atoms with Crippen molar-refractivity contribution in [2.45, 2.75) is 10.8 Å². The highest BCUT2D eigenvalue weighted by atomic mass is 35.5. The monoisotopic (exact) mass is 299 g/mol. The van der Waals surface area contributed by atoms with E-state index in [9.17, 15) is 12.8 Å². The zero-order valence-electron chi connectivity index (χ0n) is 9.81. The lowest BCUT2D eigenvalue weighted by Gasteiger charge is -2.08. The van der Waals surface area contributed by atoms with Crippen molar-refractivity contribution in [2.24, 2.45) is 0 Å². The maximum atomic E-state index is 12.7. The van der Waals surface area contributed by atoms with E-state index in [1.54, 1.807) is 12.1 Å². The van der Waals surface area contributed by atoms with Crippen LogP contribution in [0.1, 0.15) is 5.56 Å². The Bertz CT molecular complexity index is 654. The molecule has 0 amide bonds. The minimum Gasteiger partial charge on any atom is -0.280 e. The number of hydrogen-bond donors (Lipinski definition) is 1. The van der Waals surface area contributed by atoms with Crippen molar-refractivity contribution in [3.05, 3.63) is 59.9 Å². The molecule has 0 heterocycles. The minimum atomic E-state index is -3.67. The third-order valence-electron chi connectivity index (χ3n) is 2.48. The molecule has 6 heteroatoms. The van der Waals surface area contributed by atoms with E-state index >= 15 is 0 Å². The summed E-state index contributed by atoms with van der Waals surface area (Å²) >= 11 is 5.64. The average Bonchev–Trinajstić information content (AvgIpc) is 2.41. The molecule has 0 aliphatic carbocycles. The quantitative estimate of drug-likeness (QED) is 0.880. The van der Waals surface area contributed by atoms with Crippen molar-refractivity contribution in [1.82, 2.24) is 0 Å². The second-order valence-corrected chi connectivity index (χ2v) is 5.84. The molecular weight excluding hydrogens is 289 g/mol. The molecule has 0 aliphatic rings. The third kappa shape index (κ3) is 3.45. The predicted molar refractivity (Wildman–Crippen MR) is 73.2 cm³/mol. The van der Waals surface area contributed by atoms with E-state index in [1.165, 1.54) is 36.4 Å². The Morgan fingerprint density at radius 2 is 1.58 bits per heavy atom. The Balaban J connectivity index is 2.24. The third-order valence-corrected chi connectivity index (χ3v) is 4.19. The smallest absolute Gasteiger partial charge is 0.261 e. The van der Waals surface area contributed by atoms with Gasteiger partial charge in [0.05, 0.1) is 4.90 Å².